The molecule has 0 radical (unpaired) electrons. The van der Waals surface area contributed by atoms with E-state index in [4.69, 9.17) is 11.6 Å². The second kappa shape index (κ2) is 5.51. The normalized spacial score (nSPS) is 13.1. The summed E-state index contributed by atoms with van der Waals surface area (Å²) in [7, 11) is -2.39. The molecule has 0 fully saturated rings. The van der Waals surface area contributed by atoms with Crippen LogP contribution in [-0.2, 0) is 25.1 Å². The van der Waals surface area contributed by atoms with Crippen molar-refractivity contribution in [2.75, 3.05) is 7.11 Å². The van der Waals surface area contributed by atoms with Crippen LogP contribution in [0, 0.1) is 0 Å². The molecule has 0 aliphatic rings. The van der Waals surface area contributed by atoms with Crippen molar-refractivity contribution in [3.63, 3.8) is 0 Å². The van der Waals surface area contributed by atoms with Crippen LogP contribution < -0.4 is 0 Å². The minimum atomic E-state index is -3.56. The molecule has 0 bridgehead atoms. The molecule has 4 nitrogen and oxygen atoms in total. The Bertz CT molecular complexity index is 493. The first kappa shape index (κ1) is 14.0. The van der Waals surface area contributed by atoms with Gasteiger partial charge in [0.2, 0.25) is 0 Å². The lowest BCUT2D eigenvalue weighted by Gasteiger charge is -2.10. The summed E-state index contributed by atoms with van der Waals surface area (Å²) in [6.07, 6.45) is 0. The molecule has 0 saturated carbocycles. The number of esters is 1. The Labute approximate surface area is 105 Å². The van der Waals surface area contributed by atoms with Gasteiger partial charge in [-0.3, -0.25) is 4.79 Å². The molecule has 6 heteroatoms. The zero-order chi connectivity index (χ0) is 13.1. The molecule has 0 spiro atoms. The third-order valence-electron chi connectivity index (χ3n) is 2.35. The first-order valence-corrected chi connectivity index (χ1v) is 7.00. The summed E-state index contributed by atoms with van der Waals surface area (Å²) in [6, 6.07) is 6.44. The van der Waals surface area contributed by atoms with Crippen LogP contribution in [-0.4, -0.2) is 26.7 Å². The Balaban J connectivity index is 2.86. The fourth-order valence-electron chi connectivity index (χ4n) is 1.25. The predicted octanol–water partition coefficient (Wildman–Crippen LogP) is 1.82. The molecular formula is C11H13ClO4S. The number of halogens is 1. The molecule has 1 rings (SSSR count). The molecular weight excluding hydrogens is 264 g/mol. The Morgan fingerprint density at radius 2 is 1.88 bits per heavy atom. The summed E-state index contributed by atoms with van der Waals surface area (Å²) in [5.41, 5.74) is 0.588. The summed E-state index contributed by atoms with van der Waals surface area (Å²) in [4.78, 5) is 11.2. The van der Waals surface area contributed by atoms with E-state index >= 15 is 0 Å². The number of rotatable bonds is 4. The first-order chi connectivity index (χ1) is 7.86. The molecule has 94 valence electrons. The van der Waals surface area contributed by atoms with Crippen molar-refractivity contribution in [3.8, 4) is 0 Å². The van der Waals surface area contributed by atoms with E-state index in [1.54, 1.807) is 24.3 Å². The van der Waals surface area contributed by atoms with Gasteiger partial charge in [-0.25, -0.2) is 8.42 Å². The standard InChI is InChI=1S/C11H13ClO4S/c1-8(11(13)16-2)17(14,15)7-9-3-5-10(12)6-4-9/h3-6,8H,7H2,1-2H3. The maximum absolute atomic E-state index is 11.9. The molecule has 0 aromatic heterocycles. The number of carbonyl (C=O) groups excluding carboxylic acids is 1. The summed E-state index contributed by atoms with van der Waals surface area (Å²) < 4.78 is 28.1. The van der Waals surface area contributed by atoms with Crippen molar-refractivity contribution in [2.24, 2.45) is 0 Å². The number of carbonyl (C=O) groups is 1. The maximum atomic E-state index is 11.9. The summed E-state index contributed by atoms with van der Waals surface area (Å²) in [5.74, 6) is -0.959. The lowest BCUT2D eigenvalue weighted by Crippen LogP contribution is -2.29. The van der Waals surface area contributed by atoms with Crippen molar-refractivity contribution in [1.82, 2.24) is 0 Å². The minimum Gasteiger partial charge on any atom is -0.468 e. The van der Waals surface area contributed by atoms with Gasteiger partial charge in [-0.1, -0.05) is 23.7 Å². The zero-order valence-corrected chi connectivity index (χ0v) is 11.1. The van der Waals surface area contributed by atoms with E-state index in [2.05, 4.69) is 4.74 Å². The van der Waals surface area contributed by atoms with Crippen molar-refractivity contribution in [1.29, 1.82) is 0 Å². The van der Waals surface area contributed by atoms with Crippen molar-refractivity contribution in [3.05, 3.63) is 34.9 Å². The lowest BCUT2D eigenvalue weighted by molar-refractivity contribution is -0.139. The molecule has 1 atom stereocenters. The summed E-state index contributed by atoms with van der Waals surface area (Å²) >= 11 is 5.69. The van der Waals surface area contributed by atoms with Gasteiger partial charge in [-0.05, 0) is 24.6 Å². The summed E-state index contributed by atoms with van der Waals surface area (Å²) in [5, 5.41) is -0.629. The molecule has 0 aliphatic heterocycles. The Morgan fingerprint density at radius 1 is 1.35 bits per heavy atom. The topological polar surface area (TPSA) is 60.4 Å². The molecule has 0 aliphatic carbocycles. The van der Waals surface area contributed by atoms with E-state index in [1.807, 2.05) is 0 Å². The van der Waals surface area contributed by atoms with Crippen LogP contribution in [0.1, 0.15) is 12.5 Å². The van der Waals surface area contributed by atoms with Crippen LogP contribution in [0.3, 0.4) is 0 Å². The van der Waals surface area contributed by atoms with Crippen LogP contribution >= 0.6 is 11.6 Å². The Hall–Kier alpha value is -1.07. The smallest absolute Gasteiger partial charge is 0.323 e. The average molecular weight is 277 g/mol. The number of benzene rings is 1. The summed E-state index contributed by atoms with van der Waals surface area (Å²) in [6.45, 7) is 1.32. The fraction of sp³-hybridized carbons (Fsp3) is 0.364. The highest BCUT2D eigenvalue weighted by Crippen LogP contribution is 2.15. The molecule has 1 unspecified atom stereocenters. The van der Waals surface area contributed by atoms with Crippen LogP contribution in [0.2, 0.25) is 5.02 Å². The molecule has 0 heterocycles. The molecule has 0 amide bonds. The van der Waals surface area contributed by atoms with Gasteiger partial charge in [0.25, 0.3) is 0 Å². The van der Waals surface area contributed by atoms with Gasteiger partial charge in [-0.2, -0.15) is 0 Å². The fourth-order valence-corrected chi connectivity index (χ4v) is 2.67. The molecule has 17 heavy (non-hydrogen) atoms. The largest absolute Gasteiger partial charge is 0.468 e. The maximum Gasteiger partial charge on any atom is 0.323 e. The monoisotopic (exact) mass is 276 g/mol. The molecule has 1 aromatic carbocycles. The number of ether oxygens (including phenoxy) is 1. The molecule has 1 aromatic rings. The minimum absolute atomic E-state index is 0.208. The van der Waals surface area contributed by atoms with Gasteiger partial charge < -0.3 is 4.74 Å². The SMILES string of the molecule is COC(=O)C(C)S(=O)(=O)Cc1ccc(Cl)cc1. The predicted molar refractivity (Wildman–Crippen MR) is 65.6 cm³/mol. The molecule has 0 saturated heterocycles. The van der Waals surface area contributed by atoms with E-state index in [0.29, 0.717) is 10.6 Å². The average Bonchev–Trinajstić information content (AvgIpc) is 2.30. The van der Waals surface area contributed by atoms with Gasteiger partial charge >= 0.3 is 5.97 Å². The van der Waals surface area contributed by atoms with E-state index in [-0.39, 0.29) is 5.75 Å². The number of hydrogen-bond acceptors (Lipinski definition) is 4. The van der Waals surface area contributed by atoms with Gasteiger partial charge in [0, 0.05) is 5.02 Å². The quantitative estimate of drug-likeness (QED) is 0.787. The number of sulfone groups is 1. The van der Waals surface area contributed by atoms with E-state index in [9.17, 15) is 13.2 Å². The highest BCUT2D eigenvalue weighted by atomic mass is 35.5. The van der Waals surface area contributed by atoms with Crippen molar-refractivity contribution in [2.45, 2.75) is 17.9 Å². The van der Waals surface area contributed by atoms with E-state index < -0.39 is 21.1 Å². The Kier molecular flexibility index (Phi) is 4.54. The lowest BCUT2D eigenvalue weighted by atomic mass is 10.2. The third kappa shape index (κ3) is 3.71. The van der Waals surface area contributed by atoms with E-state index in [1.165, 1.54) is 6.92 Å². The highest BCUT2D eigenvalue weighted by Gasteiger charge is 2.28. The van der Waals surface area contributed by atoms with Crippen LogP contribution in [0.5, 0.6) is 0 Å². The van der Waals surface area contributed by atoms with Gasteiger partial charge in [0.05, 0.1) is 12.9 Å². The highest BCUT2D eigenvalue weighted by molar-refractivity contribution is 7.92. The number of methoxy groups -OCH3 is 1. The third-order valence-corrected chi connectivity index (χ3v) is 4.61. The van der Waals surface area contributed by atoms with Gasteiger partial charge in [0.15, 0.2) is 15.1 Å². The van der Waals surface area contributed by atoms with Crippen LogP contribution in [0.25, 0.3) is 0 Å². The first-order valence-electron chi connectivity index (χ1n) is 4.90. The second-order valence-electron chi connectivity index (χ2n) is 3.60. The number of hydrogen-bond donors (Lipinski definition) is 0. The zero-order valence-electron chi connectivity index (χ0n) is 9.51. The van der Waals surface area contributed by atoms with Gasteiger partial charge in [-0.15, -0.1) is 0 Å². The van der Waals surface area contributed by atoms with Crippen LogP contribution in [0.15, 0.2) is 24.3 Å². The van der Waals surface area contributed by atoms with Gasteiger partial charge in [0.1, 0.15) is 0 Å². The van der Waals surface area contributed by atoms with E-state index in [0.717, 1.165) is 7.11 Å². The second-order valence-corrected chi connectivity index (χ2v) is 6.36. The van der Waals surface area contributed by atoms with Crippen molar-refractivity contribution < 1.29 is 17.9 Å². The molecule has 0 N–H and O–H groups in total. The van der Waals surface area contributed by atoms with Crippen molar-refractivity contribution >= 4 is 27.4 Å². The Morgan fingerprint density at radius 3 is 2.35 bits per heavy atom. The van der Waals surface area contributed by atoms with Crippen LogP contribution in [0.4, 0.5) is 0 Å².